The summed E-state index contributed by atoms with van der Waals surface area (Å²) in [6.45, 7) is 3.14. The Labute approximate surface area is 95.3 Å². The Balaban J connectivity index is 2.60. The van der Waals surface area contributed by atoms with E-state index in [1.54, 1.807) is 12.1 Å². The van der Waals surface area contributed by atoms with Crippen molar-refractivity contribution in [3.63, 3.8) is 0 Å². The maximum atomic E-state index is 13.2. The van der Waals surface area contributed by atoms with Crippen molar-refractivity contribution in [3.05, 3.63) is 29.6 Å². The van der Waals surface area contributed by atoms with Crippen molar-refractivity contribution in [2.24, 2.45) is 5.92 Å². The molecule has 0 radical (unpaired) electrons. The van der Waals surface area contributed by atoms with Gasteiger partial charge in [0.05, 0.1) is 17.7 Å². The molecule has 0 aromatic heterocycles. The molecule has 0 fully saturated rings. The van der Waals surface area contributed by atoms with Gasteiger partial charge in [0.15, 0.2) is 0 Å². The van der Waals surface area contributed by atoms with Gasteiger partial charge in [-0.25, -0.2) is 4.39 Å². The highest BCUT2D eigenvalue weighted by Crippen LogP contribution is 2.13. The van der Waals surface area contributed by atoms with Gasteiger partial charge >= 0.3 is 0 Å². The van der Waals surface area contributed by atoms with Gasteiger partial charge in [-0.2, -0.15) is 5.26 Å². The number of nitrogens with two attached hydrogens (primary N) is 1. The molecule has 1 aromatic rings. The SMILES string of the molecule is CC(C#N)CN(C)Cc1ccc(N)c(F)c1. The molecule has 0 bridgehead atoms. The number of nitriles is 1. The van der Waals surface area contributed by atoms with Crippen LogP contribution in [-0.4, -0.2) is 18.5 Å². The van der Waals surface area contributed by atoms with E-state index < -0.39 is 0 Å². The predicted molar refractivity (Wildman–Crippen MR) is 61.9 cm³/mol. The van der Waals surface area contributed by atoms with E-state index in [-0.39, 0.29) is 17.4 Å². The molecule has 2 N–H and O–H groups in total. The molecular formula is C12H16FN3. The number of anilines is 1. The number of benzene rings is 1. The Hall–Kier alpha value is -1.60. The zero-order valence-electron chi connectivity index (χ0n) is 9.57. The van der Waals surface area contributed by atoms with Crippen LogP contribution in [0.1, 0.15) is 12.5 Å². The summed E-state index contributed by atoms with van der Waals surface area (Å²) >= 11 is 0. The molecule has 0 aliphatic heterocycles. The Morgan fingerprint density at radius 2 is 2.25 bits per heavy atom. The molecule has 1 atom stereocenters. The maximum Gasteiger partial charge on any atom is 0.146 e. The van der Waals surface area contributed by atoms with Crippen molar-refractivity contribution in [3.8, 4) is 6.07 Å². The zero-order valence-corrected chi connectivity index (χ0v) is 9.57. The Kier molecular flexibility index (Phi) is 4.27. The van der Waals surface area contributed by atoms with Crippen molar-refractivity contribution >= 4 is 5.69 Å². The molecule has 1 aromatic carbocycles. The summed E-state index contributed by atoms with van der Waals surface area (Å²) in [6.07, 6.45) is 0. The van der Waals surface area contributed by atoms with Crippen LogP contribution in [0.2, 0.25) is 0 Å². The summed E-state index contributed by atoms with van der Waals surface area (Å²) in [4.78, 5) is 1.98. The summed E-state index contributed by atoms with van der Waals surface area (Å²) in [7, 11) is 1.90. The lowest BCUT2D eigenvalue weighted by molar-refractivity contribution is 0.303. The van der Waals surface area contributed by atoms with Crippen molar-refractivity contribution in [2.45, 2.75) is 13.5 Å². The van der Waals surface area contributed by atoms with Crippen molar-refractivity contribution < 1.29 is 4.39 Å². The van der Waals surface area contributed by atoms with Gasteiger partial charge in [-0.05, 0) is 31.7 Å². The molecule has 4 heteroatoms. The van der Waals surface area contributed by atoms with E-state index in [1.807, 2.05) is 18.9 Å². The van der Waals surface area contributed by atoms with E-state index in [0.29, 0.717) is 13.1 Å². The van der Waals surface area contributed by atoms with Gasteiger partial charge in [0.25, 0.3) is 0 Å². The highest BCUT2D eigenvalue weighted by atomic mass is 19.1. The topological polar surface area (TPSA) is 53.0 Å². The molecule has 0 saturated carbocycles. The number of nitrogens with zero attached hydrogens (tertiary/aromatic N) is 2. The van der Waals surface area contributed by atoms with Crippen LogP contribution in [0, 0.1) is 23.1 Å². The highest BCUT2D eigenvalue weighted by Gasteiger charge is 2.07. The van der Waals surface area contributed by atoms with E-state index >= 15 is 0 Å². The molecule has 16 heavy (non-hydrogen) atoms. The van der Waals surface area contributed by atoms with Gasteiger partial charge in [0.2, 0.25) is 0 Å². The van der Waals surface area contributed by atoms with E-state index in [4.69, 9.17) is 11.0 Å². The summed E-state index contributed by atoms with van der Waals surface area (Å²) in [5.41, 5.74) is 6.41. The predicted octanol–water partition coefficient (Wildman–Crippen LogP) is 2.00. The Bertz CT molecular complexity index is 398. The molecule has 1 rings (SSSR count). The second-order valence-corrected chi connectivity index (χ2v) is 4.08. The molecule has 0 saturated heterocycles. The lowest BCUT2D eigenvalue weighted by Crippen LogP contribution is -2.23. The molecule has 0 aliphatic carbocycles. The first-order valence-corrected chi connectivity index (χ1v) is 5.15. The highest BCUT2D eigenvalue weighted by molar-refractivity contribution is 5.41. The van der Waals surface area contributed by atoms with E-state index in [9.17, 15) is 4.39 Å². The quantitative estimate of drug-likeness (QED) is 0.791. The van der Waals surface area contributed by atoms with E-state index in [0.717, 1.165) is 5.56 Å². The molecule has 0 aliphatic rings. The minimum absolute atomic E-state index is 0.0244. The second-order valence-electron chi connectivity index (χ2n) is 4.08. The van der Waals surface area contributed by atoms with E-state index in [2.05, 4.69) is 6.07 Å². The number of halogens is 1. The minimum Gasteiger partial charge on any atom is -0.396 e. The van der Waals surface area contributed by atoms with Gasteiger partial charge in [0, 0.05) is 13.1 Å². The molecular weight excluding hydrogens is 205 g/mol. The molecule has 0 amide bonds. The number of rotatable bonds is 4. The largest absolute Gasteiger partial charge is 0.396 e. The normalized spacial score (nSPS) is 12.4. The first-order valence-electron chi connectivity index (χ1n) is 5.15. The molecule has 86 valence electrons. The van der Waals surface area contributed by atoms with Crippen molar-refractivity contribution in [1.82, 2.24) is 4.90 Å². The van der Waals surface area contributed by atoms with Crippen LogP contribution in [0.15, 0.2) is 18.2 Å². The molecule has 3 nitrogen and oxygen atoms in total. The Morgan fingerprint density at radius 1 is 1.56 bits per heavy atom. The van der Waals surface area contributed by atoms with Crippen LogP contribution >= 0.6 is 0 Å². The summed E-state index contributed by atoms with van der Waals surface area (Å²) in [5, 5.41) is 8.68. The van der Waals surface area contributed by atoms with Crippen molar-refractivity contribution in [2.75, 3.05) is 19.3 Å². The van der Waals surface area contributed by atoms with Gasteiger partial charge < -0.3 is 10.6 Å². The third-order valence-corrected chi connectivity index (χ3v) is 2.32. The average Bonchev–Trinajstić information content (AvgIpc) is 2.23. The lowest BCUT2D eigenvalue weighted by atomic mass is 10.1. The smallest absolute Gasteiger partial charge is 0.146 e. The fraction of sp³-hybridized carbons (Fsp3) is 0.417. The monoisotopic (exact) mass is 221 g/mol. The second kappa shape index (κ2) is 5.47. The summed E-state index contributed by atoms with van der Waals surface area (Å²) < 4.78 is 13.2. The first kappa shape index (κ1) is 12.5. The fourth-order valence-electron chi connectivity index (χ4n) is 1.55. The number of hydrogen-bond donors (Lipinski definition) is 1. The molecule has 1 unspecified atom stereocenters. The third kappa shape index (κ3) is 3.52. The van der Waals surface area contributed by atoms with Gasteiger partial charge in [0.1, 0.15) is 5.82 Å². The molecule has 0 spiro atoms. The first-order chi connectivity index (χ1) is 7.52. The van der Waals surface area contributed by atoms with Crippen LogP contribution in [0.5, 0.6) is 0 Å². The van der Waals surface area contributed by atoms with Crippen molar-refractivity contribution in [1.29, 1.82) is 5.26 Å². The van der Waals surface area contributed by atoms with Crippen LogP contribution in [0.3, 0.4) is 0 Å². The van der Waals surface area contributed by atoms with Gasteiger partial charge in [-0.1, -0.05) is 6.07 Å². The van der Waals surface area contributed by atoms with Crippen LogP contribution in [0.4, 0.5) is 10.1 Å². The van der Waals surface area contributed by atoms with Crippen LogP contribution in [0.25, 0.3) is 0 Å². The Morgan fingerprint density at radius 3 is 2.81 bits per heavy atom. The standard InChI is InChI=1S/C12H16FN3/c1-9(6-14)7-16(2)8-10-3-4-12(15)11(13)5-10/h3-5,9H,7-8,15H2,1-2H3. The maximum absolute atomic E-state index is 13.2. The zero-order chi connectivity index (χ0) is 12.1. The van der Waals surface area contributed by atoms with Gasteiger partial charge in [-0.15, -0.1) is 0 Å². The molecule has 0 heterocycles. The minimum atomic E-state index is -0.390. The van der Waals surface area contributed by atoms with Gasteiger partial charge in [-0.3, -0.25) is 0 Å². The summed E-state index contributed by atoms with van der Waals surface area (Å²) in [5.74, 6) is -0.414. The number of hydrogen-bond acceptors (Lipinski definition) is 3. The summed E-state index contributed by atoms with van der Waals surface area (Å²) in [6, 6.07) is 6.96. The lowest BCUT2D eigenvalue weighted by Gasteiger charge is -2.17. The van der Waals surface area contributed by atoms with E-state index in [1.165, 1.54) is 6.07 Å². The average molecular weight is 221 g/mol. The fourth-order valence-corrected chi connectivity index (χ4v) is 1.55. The number of nitrogen functional groups attached to an aromatic ring is 1. The third-order valence-electron chi connectivity index (χ3n) is 2.32. The van der Waals surface area contributed by atoms with Crippen LogP contribution < -0.4 is 5.73 Å². The van der Waals surface area contributed by atoms with Crippen LogP contribution in [-0.2, 0) is 6.54 Å².